The first kappa shape index (κ1) is 23.4. The summed E-state index contributed by atoms with van der Waals surface area (Å²) in [5.74, 6) is 1.01. The van der Waals surface area contributed by atoms with Gasteiger partial charge in [0.1, 0.15) is 13.6 Å². The van der Waals surface area contributed by atoms with Gasteiger partial charge in [0.2, 0.25) is 5.91 Å². The lowest BCUT2D eigenvalue weighted by molar-refractivity contribution is -0.131. The van der Waals surface area contributed by atoms with Crippen LogP contribution in [0.1, 0.15) is 30.4 Å². The number of hydrogen-bond acceptors (Lipinski definition) is 5. The van der Waals surface area contributed by atoms with Gasteiger partial charge in [-0.2, -0.15) is 8.42 Å². The molecule has 8 heteroatoms. The number of ether oxygens (including phenoxy) is 1. The zero-order valence-corrected chi connectivity index (χ0v) is 18.9. The molecule has 0 N–H and O–H groups in total. The Labute approximate surface area is 186 Å². The van der Waals surface area contributed by atoms with E-state index in [4.69, 9.17) is 16.8 Å². The van der Waals surface area contributed by atoms with Gasteiger partial charge in [-0.15, -0.1) is 0 Å². The van der Waals surface area contributed by atoms with E-state index in [0.717, 1.165) is 24.0 Å². The van der Waals surface area contributed by atoms with E-state index < -0.39 is 10.1 Å². The number of nitrogens with zero attached hydrogens (tertiary/aromatic N) is 1. The molecule has 31 heavy (non-hydrogen) atoms. The number of amides is 1. The Hall–Kier alpha value is -2.32. The van der Waals surface area contributed by atoms with Gasteiger partial charge in [-0.25, -0.2) is 0 Å². The zero-order valence-electron chi connectivity index (χ0n) is 18.0. The van der Waals surface area contributed by atoms with Crippen LogP contribution in [0.15, 0.2) is 47.4 Å². The predicted octanol–water partition coefficient (Wildman–Crippen LogP) is 2.37. The molecule has 0 spiro atoms. The number of aryl methyl sites for hydroxylation is 1. The molecule has 6 nitrogen and oxygen atoms in total. The molecule has 0 bridgehead atoms. The first-order valence-electron chi connectivity index (χ1n) is 10.4. The number of likely N-dealkylation sites (tertiary alicyclic amines) is 1. The van der Waals surface area contributed by atoms with Crippen LogP contribution in [0.5, 0.6) is 5.75 Å². The summed E-state index contributed by atoms with van der Waals surface area (Å²) in [5.41, 5.74) is 2.38. The first-order chi connectivity index (χ1) is 14.8. The van der Waals surface area contributed by atoms with Crippen LogP contribution in [0, 0.1) is 12.8 Å². The molecule has 1 aliphatic rings. The number of benzene rings is 2. The van der Waals surface area contributed by atoms with Crippen molar-refractivity contribution in [3.63, 3.8) is 0 Å². The molecule has 2 aromatic carbocycles. The maximum atomic E-state index is 12.6. The van der Waals surface area contributed by atoms with Gasteiger partial charge in [0, 0.05) is 13.1 Å². The van der Waals surface area contributed by atoms with Gasteiger partial charge in [0.05, 0.1) is 25.0 Å². The van der Waals surface area contributed by atoms with Gasteiger partial charge in [-0.1, -0.05) is 35.3 Å². The molecule has 2 aromatic rings. The SMILES string of the molecule is [B]c1cc(CC(=O)N2CCC(CCOS(=O)(=O)c3ccc(C)cc3)CC2)ccc1OC. The van der Waals surface area contributed by atoms with Crippen molar-refractivity contribution in [2.24, 2.45) is 5.92 Å². The molecule has 1 heterocycles. The number of rotatable bonds is 8. The summed E-state index contributed by atoms with van der Waals surface area (Å²) < 4.78 is 34.9. The summed E-state index contributed by atoms with van der Waals surface area (Å²) in [6.07, 6.45) is 2.63. The molecule has 3 rings (SSSR count). The molecule has 2 radical (unpaired) electrons. The summed E-state index contributed by atoms with van der Waals surface area (Å²) in [5, 5.41) is 0. The van der Waals surface area contributed by atoms with E-state index in [0.29, 0.717) is 43.1 Å². The lowest BCUT2D eigenvalue weighted by Gasteiger charge is -2.32. The highest BCUT2D eigenvalue weighted by atomic mass is 32.2. The lowest BCUT2D eigenvalue weighted by Crippen LogP contribution is -2.39. The Morgan fingerprint density at radius 1 is 1.13 bits per heavy atom. The fourth-order valence-corrected chi connectivity index (χ4v) is 4.67. The van der Waals surface area contributed by atoms with Crippen molar-refractivity contribution >= 4 is 29.3 Å². The highest BCUT2D eigenvalue weighted by Gasteiger charge is 2.24. The second-order valence-corrected chi connectivity index (χ2v) is 9.57. The number of methoxy groups -OCH3 is 1. The molecule has 1 aliphatic heterocycles. The van der Waals surface area contributed by atoms with Crippen LogP contribution < -0.4 is 10.2 Å². The van der Waals surface area contributed by atoms with Crippen molar-refractivity contribution in [2.45, 2.75) is 37.5 Å². The Balaban J connectivity index is 1.42. The standard InChI is InChI=1S/C23H28BNO5S/c1-17-3-6-20(7-4-17)31(27,28)30-14-11-18-9-12-25(13-10-18)23(26)16-19-5-8-22(29-2)21(24)15-19/h3-8,15,18H,9-14,16H2,1-2H3. The number of piperidine rings is 1. The highest BCUT2D eigenvalue weighted by molar-refractivity contribution is 7.86. The smallest absolute Gasteiger partial charge is 0.296 e. The minimum Gasteiger partial charge on any atom is -0.497 e. The van der Waals surface area contributed by atoms with Crippen LogP contribution in [-0.4, -0.2) is 53.9 Å². The van der Waals surface area contributed by atoms with Gasteiger partial charge < -0.3 is 9.64 Å². The Bertz CT molecular complexity index is 999. The van der Waals surface area contributed by atoms with E-state index in [2.05, 4.69) is 0 Å². The average molecular weight is 441 g/mol. The van der Waals surface area contributed by atoms with Gasteiger partial charge in [0.15, 0.2) is 0 Å². The van der Waals surface area contributed by atoms with Crippen molar-refractivity contribution in [1.29, 1.82) is 0 Å². The molecule has 1 amide bonds. The quantitative estimate of drug-likeness (QED) is 0.465. The predicted molar refractivity (Wildman–Crippen MR) is 120 cm³/mol. The van der Waals surface area contributed by atoms with Gasteiger partial charge in [-0.3, -0.25) is 8.98 Å². The third kappa shape index (κ3) is 6.34. The van der Waals surface area contributed by atoms with E-state index in [1.807, 2.05) is 17.9 Å². The van der Waals surface area contributed by atoms with Crippen LogP contribution in [0.4, 0.5) is 0 Å². The van der Waals surface area contributed by atoms with Crippen LogP contribution in [0.25, 0.3) is 0 Å². The normalized spacial score (nSPS) is 15.1. The molecule has 0 unspecified atom stereocenters. The summed E-state index contributed by atoms with van der Waals surface area (Å²) in [6, 6.07) is 12.0. The summed E-state index contributed by atoms with van der Waals surface area (Å²) >= 11 is 0. The minimum atomic E-state index is -3.73. The summed E-state index contributed by atoms with van der Waals surface area (Å²) in [6.45, 7) is 3.39. The summed E-state index contributed by atoms with van der Waals surface area (Å²) in [7, 11) is 3.75. The van der Waals surface area contributed by atoms with E-state index in [1.165, 1.54) is 0 Å². The van der Waals surface area contributed by atoms with E-state index >= 15 is 0 Å². The maximum absolute atomic E-state index is 12.6. The van der Waals surface area contributed by atoms with Crippen LogP contribution in [0.2, 0.25) is 0 Å². The second kappa shape index (κ2) is 10.3. The molecule has 0 atom stereocenters. The van der Waals surface area contributed by atoms with Gasteiger partial charge in [-0.05, 0) is 55.9 Å². The monoisotopic (exact) mass is 441 g/mol. The van der Waals surface area contributed by atoms with Crippen LogP contribution >= 0.6 is 0 Å². The molecular weight excluding hydrogens is 413 g/mol. The van der Waals surface area contributed by atoms with Gasteiger partial charge in [0.25, 0.3) is 10.1 Å². The van der Waals surface area contributed by atoms with Crippen LogP contribution in [-0.2, 0) is 25.5 Å². The fraction of sp³-hybridized carbons (Fsp3) is 0.435. The van der Waals surface area contributed by atoms with Crippen molar-refractivity contribution in [3.8, 4) is 5.75 Å². The van der Waals surface area contributed by atoms with Crippen LogP contribution in [0.3, 0.4) is 0 Å². The maximum Gasteiger partial charge on any atom is 0.296 e. The highest BCUT2D eigenvalue weighted by Crippen LogP contribution is 2.22. The van der Waals surface area contributed by atoms with E-state index in [9.17, 15) is 13.2 Å². The minimum absolute atomic E-state index is 0.0706. The third-order valence-electron chi connectivity index (χ3n) is 5.69. The molecule has 0 saturated carbocycles. The van der Waals surface area contributed by atoms with Crippen molar-refractivity contribution < 1.29 is 22.1 Å². The van der Waals surface area contributed by atoms with Crippen molar-refractivity contribution in [1.82, 2.24) is 4.90 Å². The Morgan fingerprint density at radius 2 is 1.81 bits per heavy atom. The Kier molecular flexibility index (Phi) is 7.78. The lowest BCUT2D eigenvalue weighted by atomic mass is 9.91. The van der Waals surface area contributed by atoms with Crippen molar-refractivity contribution in [3.05, 3.63) is 53.6 Å². The molecule has 0 aromatic heterocycles. The Morgan fingerprint density at radius 3 is 2.42 bits per heavy atom. The molecule has 164 valence electrons. The summed E-state index contributed by atoms with van der Waals surface area (Å²) in [4.78, 5) is 14.7. The van der Waals surface area contributed by atoms with Gasteiger partial charge >= 0.3 is 0 Å². The molecule has 1 fully saturated rings. The zero-order chi connectivity index (χ0) is 22.4. The van der Waals surface area contributed by atoms with Crippen molar-refractivity contribution in [2.75, 3.05) is 26.8 Å². The number of carbonyl (C=O) groups is 1. The number of carbonyl (C=O) groups excluding carboxylic acids is 1. The second-order valence-electron chi connectivity index (χ2n) is 7.96. The molecule has 0 aliphatic carbocycles. The third-order valence-corrected chi connectivity index (χ3v) is 7.02. The topological polar surface area (TPSA) is 72.9 Å². The van der Waals surface area contributed by atoms with E-state index in [1.54, 1.807) is 43.5 Å². The fourth-order valence-electron chi connectivity index (χ4n) is 3.75. The van der Waals surface area contributed by atoms with E-state index in [-0.39, 0.29) is 17.4 Å². The largest absolute Gasteiger partial charge is 0.497 e. The first-order valence-corrected chi connectivity index (χ1v) is 11.9. The molecule has 1 saturated heterocycles. The molecular formula is C23H28BNO5S. The number of hydrogen-bond donors (Lipinski definition) is 0. The average Bonchev–Trinajstić information content (AvgIpc) is 2.74.